The third kappa shape index (κ3) is 2.21. The van der Waals surface area contributed by atoms with E-state index in [1.807, 2.05) is 19.1 Å². The summed E-state index contributed by atoms with van der Waals surface area (Å²) in [5, 5.41) is 14.5. The highest BCUT2D eigenvalue weighted by atomic mass is 35.5. The maximum absolute atomic E-state index is 10.0. The van der Waals surface area contributed by atoms with Gasteiger partial charge in [0.25, 0.3) is 0 Å². The molecular formula is C16H14ClN3OS. The molecule has 6 heteroatoms. The third-order valence-electron chi connectivity index (χ3n) is 3.94. The van der Waals surface area contributed by atoms with E-state index in [-0.39, 0.29) is 11.0 Å². The maximum Gasteiger partial charge on any atom is 0.225 e. The molecule has 1 aliphatic rings. The molecule has 0 spiro atoms. The molecule has 1 aromatic carbocycles. The summed E-state index contributed by atoms with van der Waals surface area (Å²) in [5.74, 6) is 0.871. The summed E-state index contributed by atoms with van der Waals surface area (Å²) in [7, 11) is 0. The van der Waals surface area contributed by atoms with Crippen LogP contribution in [0.5, 0.6) is 5.75 Å². The van der Waals surface area contributed by atoms with Crippen LogP contribution in [-0.2, 0) is 12.8 Å². The minimum atomic E-state index is 0.195. The number of benzene rings is 1. The molecule has 4 rings (SSSR count). The topological polar surface area (TPSA) is 58.0 Å². The van der Waals surface area contributed by atoms with Gasteiger partial charge >= 0.3 is 0 Å². The highest BCUT2D eigenvalue weighted by Crippen LogP contribution is 2.41. The second-order valence-corrected chi connectivity index (χ2v) is 6.95. The number of phenols is 1. The maximum atomic E-state index is 10.0. The summed E-state index contributed by atoms with van der Waals surface area (Å²) in [5.41, 5.74) is 3.02. The molecule has 2 N–H and O–H groups in total. The van der Waals surface area contributed by atoms with Crippen LogP contribution in [0.2, 0.25) is 5.28 Å². The zero-order chi connectivity index (χ0) is 15.3. The summed E-state index contributed by atoms with van der Waals surface area (Å²) < 4.78 is 0. The second kappa shape index (κ2) is 5.11. The van der Waals surface area contributed by atoms with Gasteiger partial charge in [0.05, 0.1) is 11.1 Å². The standard InChI is InChI=1S/C16H14ClN3OS/c1-8-5-6-11(21)10(7-8)18-14-13-9-3-2-4-12(9)22-15(13)20-16(17)19-14/h5-7,21H,2-4H2,1H3,(H,18,19,20). The molecule has 3 aromatic rings. The number of nitrogens with zero attached hydrogens (tertiary/aromatic N) is 2. The minimum absolute atomic E-state index is 0.195. The van der Waals surface area contributed by atoms with Crippen molar-refractivity contribution in [3.63, 3.8) is 0 Å². The quantitative estimate of drug-likeness (QED) is 0.532. The summed E-state index contributed by atoms with van der Waals surface area (Å²) >= 11 is 7.76. The van der Waals surface area contributed by atoms with Crippen molar-refractivity contribution < 1.29 is 5.11 Å². The lowest BCUT2D eigenvalue weighted by molar-refractivity contribution is 0.477. The SMILES string of the molecule is Cc1ccc(O)c(Nc2nc(Cl)nc3sc4c(c23)CCC4)c1. The van der Waals surface area contributed by atoms with Gasteiger partial charge < -0.3 is 10.4 Å². The normalized spacial score (nSPS) is 13.5. The van der Waals surface area contributed by atoms with Crippen molar-refractivity contribution in [3.8, 4) is 5.75 Å². The van der Waals surface area contributed by atoms with Gasteiger partial charge in [0.2, 0.25) is 5.28 Å². The van der Waals surface area contributed by atoms with E-state index in [2.05, 4.69) is 15.3 Å². The van der Waals surface area contributed by atoms with Crippen molar-refractivity contribution in [3.05, 3.63) is 39.5 Å². The van der Waals surface area contributed by atoms with Crippen molar-refractivity contribution >= 4 is 44.7 Å². The van der Waals surface area contributed by atoms with Crippen LogP contribution < -0.4 is 5.32 Å². The molecule has 4 nitrogen and oxygen atoms in total. The number of halogens is 1. The molecule has 22 heavy (non-hydrogen) atoms. The zero-order valence-corrected chi connectivity index (χ0v) is 13.6. The van der Waals surface area contributed by atoms with Gasteiger partial charge in [0, 0.05) is 4.88 Å². The first-order valence-corrected chi connectivity index (χ1v) is 8.35. The number of hydrogen-bond donors (Lipinski definition) is 2. The molecule has 1 aliphatic carbocycles. The first kappa shape index (κ1) is 13.8. The Morgan fingerprint density at radius 3 is 3.00 bits per heavy atom. The number of aryl methyl sites for hydroxylation is 3. The molecule has 0 bridgehead atoms. The van der Waals surface area contributed by atoms with Crippen molar-refractivity contribution in [1.82, 2.24) is 9.97 Å². The number of phenolic OH excluding ortho intramolecular Hbond substituents is 1. The molecule has 0 aliphatic heterocycles. The predicted octanol–water partition coefficient (Wildman–Crippen LogP) is 4.59. The van der Waals surface area contributed by atoms with Gasteiger partial charge in [-0.25, -0.2) is 4.98 Å². The number of thiophene rings is 1. The van der Waals surface area contributed by atoms with Crippen LogP contribution in [0.4, 0.5) is 11.5 Å². The number of fused-ring (bicyclic) bond motifs is 3. The number of nitrogens with one attached hydrogen (secondary N) is 1. The lowest BCUT2D eigenvalue weighted by Gasteiger charge is -2.10. The Labute approximate surface area is 136 Å². The van der Waals surface area contributed by atoms with Gasteiger partial charge in [-0.1, -0.05) is 6.07 Å². The van der Waals surface area contributed by atoms with E-state index in [1.54, 1.807) is 17.4 Å². The molecule has 0 amide bonds. The fourth-order valence-electron chi connectivity index (χ4n) is 2.94. The van der Waals surface area contributed by atoms with Gasteiger partial charge in [-0.05, 0) is 61.0 Å². The monoisotopic (exact) mass is 331 g/mol. The summed E-state index contributed by atoms with van der Waals surface area (Å²) in [6.07, 6.45) is 3.33. The Morgan fingerprint density at radius 1 is 1.27 bits per heavy atom. The van der Waals surface area contributed by atoms with E-state index >= 15 is 0 Å². The lowest BCUT2D eigenvalue weighted by atomic mass is 10.1. The van der Waals surface area contributed by atoms with E-state index in [4.69, 9.17) is 11.6 Å². The third-order valence-corrected chi connectivity index (χ3v) is 5.30. The van der Waals surface area contributed by atoms with E-state index < -0.39 is 0 Å². The Balaban J connectivity index is 1.89. The van der Waals surface area contributed by atoms with Crippen LogP contribution in [0.1, 0.15) is 22.4 Å². The average Bonchev–Trinajstić information content (AvgIpc) is 3.02. The highest BCUT2D eigenvalue weighted by Gasteiger charge is 2.22. The zero-order valence-electron chi connectivity index (χ0n) is 12.0. The second-order valence-electron chi connectivity index (χ2n) is 5.52. The summed E-state index contributed by atoms with van der Waals surface area (Å²) in [6.45, 7) is 1.98. The van der Waals surface area contributed by atoms with E-state index in [0.717, 1.165) is 28.6 Å². The Morgan fingerprint density at radius 2 is 2.14 bits per heavy atom. The highest BCUT2D eigenvalue weighted by molar-refractivity contribution is 7.19. The summed E-state index contributed by atoms with van der Waals surface area (Å²) in [4.78, 5) is 11.0. The van der Waals surface area contributed by atoms with Gasteiger partial charge in [-0.2, -0.15) is 4.98 Å². The molecule has 0 unspecified atom stereocenters. The number of hydrogen-bond acceptors (Lipinski definition) is 5. The van der Waals surface area contributed by atoms with Gasteiger partial charge in [-0.3, -0.25) is 0 Å². The molecule has 2 aromatic heterocycles. The van der Waals surface area contributed by atoms with Crippen molar-refractivity contribution in [1.29, 1.82) is 0 Å². The summed E-state index contributed by atoms with van der Waals surface area (Å²) in [6, 6.07) is 5.44. The van der Waals surface area contributed by atoms with Crippen LogP contribution in [0.15, 0.2) is 18.2 Å². The van der Waals surface area contributed by atoms with Crippen LogP contribution >= 0.6 is 22.9 Å². The number of aromatic nitrogens is 2. The van der Waals surface area contributed by atoms with E-state index in [0.29, 0.717) is 11.5 Å². The fourth-order valence-corrected chi connectivity index (χ4v) is 4.42. The molecule has 0 atom stereocenters. The first-order chi connectivity index (χ1) is 10.6. The van der Waals surface area contributed by atoms with Crippen LogP contribution in [0, 0.1) is 6.92 Å². The molecule has 0 fully saturated rings. The molecule has 0 saturated heterocycles. The van der Waals surface area contributed by atoms with Gasteiger partial charge in [0.1, 0.15) is 16.4 Å². The van der Waals surface area contributed by atoms with Gasteiger partial charge in [-0.15, -0.1) is 11.3 Å². The molecule has 0 saturated carbocycles. The minimum Gasteiger partial charge on any atom is -0.506 e. The molecular weight excluding hydrogens is 318 g/mol. The predicted molar refractivity (Wildman–Crippen MR) is 90.6 cm³/mol. The fraction of sp³-hybridized carbons (Fsp3) is 0.250. The first-order valence-electron chi connectivity index (χ1n) is 7.16. The number of aromatic hydroxyl groups is 1. The van der Waals surface area contributed by atoms with E-state index in [1.165, 1.54) is 16.9 Å². The number of rotatable bonds is 2. The van der Waals surface area contributed by atoms with Crippen molar-refractivity contribution in [2.45, 2.75) is 26.2 Å². The molecule has 2 heterocycles. The number of anilines is 2. The Kier molecular flexibility index (Phi) is 3.20. The largest absolute Gasteiger partial charge is 0.506 e. The van der Waals surface area contributed by atoms with Crippen molar-refractivity contribution in [2.24, 2.45) is 0 Å². The van der Waals surface area contributed by atoms with Crippen LogP contribution in [-0.4, -0.2) is 15.1 Å². The van der Waals surface area contributed by atoms with Crippen LogP contribution in [0.25, 0.3) is 10.2 Å². The average molecular weight is 332 g/mol. The molecule has 0 radical (unpaired) electrons. The molecule has 112 valence electrons. The van der Waals surface area contributed by atoms with E-state index in [9.17, 15) is 5.11 Å². The van der Waals surface area contributed by atoms with Crippen molar-refractivity contribution in [2.75, 3.05) is 5.32 Å². The van der Waals surface area contributed by atoms with Crippen LogP contribution in [0.3, 0.4) is 0 Å². The smallest absolute Gasteiger partial charge is 0.225 e. The Bertz CT molecular complexity index is 891. The lowest BCUT2D eigenvalue weighted by Crippen LogP contribution is -1.98. The van der Waals surface area contributed by atoms with Gasteiger partial charge in [0.15, 0.2) is 0 Å². The Hall–Kier alpha value is -1.85.